The van der Waals surface area contributed by atoms with Gasteiger partial charge in [0.05, 0.1) is 59.5 Å². The fourth-order valence-corrected chi connectivity index (χ4v) is 1.49. The zero-order chi connectivity index (χ0) is 17.9. The van der Waals surface area contributed by atoms with Gasteiger partial charge in [0, 0.05) is 26.5 Å². The standard InChI is InChI=1S/C15H30N2O7/c1-20-6-7-22-10-11-24-13-12-23-9-8-21-5-4-17-15(19)3-2-14(16)18/h2-13H2,1H3,(H2,16,18)(H,17,19). The van der Waals surface area contributed by atoms with Crippen LogP contribution in [0.15, 0.2) is 0 Å². The van der Waals surface area contributed by atoms with Gasteiger partial charge in [-0.05, 0) is 0 Å². The largest absolute Gasteiger partial charge is 0.382 e. The maximum Gasteiger partial charge on any atom is 0.220 e. The van der Waals surface area contributed by atoms with E-state index in [0.29, 0.717) is 66.0 Å². The van der Waals surface area contributed by atoms with E-state index in [9.17, 15) is 9.59 Å². The van der Waals surface area contributed by atoms with Gasteiger partial charge in [-0.3, -0.25) is 9.59 Å². The van der Waals surface area contributed by atoms with Crippen LogP contribution in [-0.2, 0) is 33.3 Å². The van der Waals surface area contributed by atoms with Crippen LogP contribution in [0.2, 0.25) is 0 Å². The van der Waals surface area contributed by atoms with Gasteiger partial charge in [-0.15, -0.1) is 0 Å². The molecule has 3 N–H and O–H groups in total. The Kier molecular flexibility index (Phi) is 17.1. The minimum atomic E-state index is -0.485. The van der Waals surface area contributed by atoms with Gasteiger partial charge in [0.2, 0.25) is 11.8 Å². The van der Waals surface area contributed by atoms with Crippen molar-refractivity contribution in [1.29, 1.82) is 0 Å². The number of methoxy groups -OCH3 is 1. The molecule has 0 bridgehead atoms. The summed E-state index contributed by atoms with van der Waals surface area (Å²) in [4.78, 5) is 21.8. The van der Waals surface area contributed by atoms with Crippen LogP contribution in [0.4, 0.5) is 0 Å². The number of hydrogen-bond donors (Lipinski definition) is 2. The van der Waals surface area contributed by atoms with Gasteiger partial charge in [0.25, 0.3) is 0 Å². The van der Waals surface area contributed by atoms with E-state index in [-0.39, 0.29) is 18.7 Å². The van der Waals surface area contributed by atoms with Crippen LogP contribution >= 0.6 is 0 Å². The summed E-state index contributed by atoms with van der Waals surface area (Å²) >= 11 is 0. The topological polar surface area (TPSA) is 118 Å². The third kappa shape index (κ3) is 18.8. The predicted molar refractivity (Wildman–Crippen MR) is 86.6 cm³/mol. The molecule has 24 heavy (non-hydrogen) atoms. The lowest BCUT2D eigenvalue weighted by molar-refractivity contribution is -0.125. The third-order valence-electron chi connectivity index (χ3n) is 2.71. The Morgan fingerprint density at radius 3 is 1.67 bits per heavy atom. The van der Waals surface area contributed by atoms with Gasteiger partial charge >= 0.3 is 0 Å². The second-order valence-corrected chi connectivity index (χ2v) is 4.76. The third-order valence-corrected chi connectivity index (χ3v) is 2.71. The van der Waals surface area contributed by atoms with E-state index in [1.807, 2.05) is 0 Å². The summed E-state index contributed by atoms with van der Waals surface area (Å²) in [5.41, 5.74) is 4.95. The molecule has 0 aromatic rings. The molecule has 0 fully saturated rings. The highest BCUT2D eigenvalue weighted by Crippen LogP contribution is 1.87. The van der Waals surface area contributed by atoms with Crippen molar-refractivity contribution >= 4 is 11.8 Å². The van der Waals surface area contributed by atoms with E-state index < -0.39 is 5.91 Å². The molecule has 142 valence electrons. The van der Waals surface area contributed by atoms with Gasteiger partial charge in [0.15, 0.2) is 0 Å². The molecule has 0 unspecified atom stereocenters. The zero-order valence-corrected chi connectivity index (χ0v) is 14.4. The number of ether oxygens (including phenoxy) is 5. The van der Waals surface area contributed by atoms with Crippen LogP contribution in [0.25, 0.3) is 0 Å². The fourth-order valence-electron chi connectivity index (χ4n) is 1.49. The molecular weight excluding hydrogens is 320 g/mol. The number of carbonyl (C=O) groups is 2. The summed E-state index contributed by atoms with van der Waals surface area (Å²) in [7, 11) is 1.63. The number of nitrogens with two attached hydrogens (primary N) is 1. The molecule has 0 aromatic heterocycles. The Hall–Kier alpha value is -1.26. The zero-order valence-electron chi connectivity index (χ0n) is 14.4. The molecule has 0 heterocycles. The van der Waals surface area contributed by atoms with Crippen LogP contribution in [-0.4, -0.2) is 84.9 Å². The molecule has 0 aliphatic carbocycles. The second-order valence-electron chi connectivity index (χ2n) is 4.76. The lowest BCUT2D eigenvalue weighted by atomic mass is 10.3. The maximum absolute atomic E-state index is 11.3. The van der Waals surface area contributed by atoms with Crippen LogP contribution < -0.4 is 11.1 Å². The SMILES string of the molecule is COCCOCCOCCOCCOCCNC(=O)CCC(N)=O. The van der Waals surface area contributed by atoms with E-state index in [1.165, 1.54) is 0 Å². The summed E-state index contributed by atoms with van der Waals surface area (Å²) in [5, 5.41) is 2.63. The predicted octanol–water partition coefficient (Wildman–Crippen LogP) is -0.919. The summed E-state index contributed by atoms with van der Waals surface area (Å²) in [5.74, 6) is -0.696. The lowest BCUT2D eigenvalue weighted by Gasteiger charge is -2.08. The molecular formula is C15H30N2O7. The van der Waals surface area contributed by atoms with Crippen molar-refractivity contribution in [2.45, 2.75) is 12.8 Å². The Balaban J connectivity index is 3.10. The van der Waals surface area contributed by atoms with Crippen LogP contribution in [0.1, 0.15) is 12.8 Å². The Morgan fingerprint density at radius 2 is 1.21 bits per heavy atom. The molecule has 0 saturated heterocycles. The first-order chi connectivity index (χ1) is 11.7. The summed E-state index contributed by atoms with van der Waals surface area (Å²) in [6.45, 7) is 4.90. The van der Waals surface area contributed by atoms with Crippen LogP contribution in [0.3, 0.4) is 0 Å². The van der Waals surface area contributed by atoms with E-state index in [2.05, 4.69) is 5.32 Å². The molecule has 0 saturated carbocycles. The van der Waals surface area contributed by atoms with Crippen LogP contribution in [0, 0.1) is 0 Å². The molecule has 0 atom stereocenters. The molecule has 9 heteroatoms. The monoisotopic (exact) mass is 350 g/mol. The van der Waals surface area contributed by atoms with Gasteiger partial charge in [0.1, 0.15) is 0 Å². The van der Waals surface area contributed by atoms with Crippen molar-refractivity contribution in [2.24, 2.45) is 5.73 Å². The van der Waals surface area contributed by atoms with Crippen molar-refractivity contribution in [3.05, 3.63) is 0 Å². The number of nitrogens with one attached hydrogen (secondary N) is 1. The number of primary amides is 1. The molecule has 0 radical (unpaired) electrons. The molecule has 2 amide bonds. The fraction of sp³-hybridized carbons (Fsp3) is 0.867. The first-order valence-electron chi connectivity index (χ1n) is 8.01. The quantitative estimate of drug-likeness (QED) is 0.307. The van der Waals surface area contributed by atoms with E-state index >= 15 is 0 Å². The molecule has 0 aromatic carbocycles. The Bertz CT molecular complexity index is 316. The second kappa shape index (κ2) is 18.1. The summed E-state index contributed by atoms with van der Waals surface area (Å²) in [6, 6.07) is 0. The van der Waals surface area contributed by atoms with Crippen molar-refractivity contribution in [1.82, 2.24) is 5.32 Å². The molecule has 0 rings (SSSR count). The average Bonchev–Trinajstić information content (AvgIpc) is 2.56. The average molecular weight is 350 g/mol. The smallest absolute Gasteiger partial charge is 0.220 e. The van der Waals surface area contributed by atoms with Gasteiger partial charge in [-0.2, -0.15) is 0 Å². The molecule has 9 nitrogen and oxygen atoms in total. The van der Waals surface area contributed by atoms with E-state index in [1.54, 1.807) is 7.11 Å². The molecule has 0 spiro atoms. The molecule has 0 aliphatic heterocycles. The maximum atomic E-state index is 11.3. The number of hydrogen-bond acceptors (Lipinski definition) is 7. The highest BCUT2D eigenvalue weighted by atomic mass is 16.6. The van der Waals surface area contributed by atoms with E-state index in [4.69, 9.17) is 29.4 Å². The molecule has 0 aliphatic rings. The Labute approximate surface area is 143 Å². The number of amides is 2. The minimum absolute atomic E-state index is 0.0574. The minimum Gasteiger partial charge on any atom is -0.382 e. The normalized spacial score (nSPS) is 10.7. The number of carbonyl (C=O) groups excluding carboxylic acids is 2. The highest BCUT2D eigenvalue weighted by molar-refractivity contribution is 5.82. The number of rotatable bonds is 18. The van der Waals surface area contributed by atoms with Crippen molar-refractivity contribution < 1.29 is 33.3 Å². The van der Waals surface area contributed by atoms with Gasteiger partial charge in [-0.25, -0.2) is 0 Å². The van der Waals surface area contributed by atoms with Crippen molar-refractivity contribution in [2.75, 3.05) is 73.1 Å². The van der Waals surface area contributed by atoms with E-state index in [0.717, 1.165) is 0 Å². The summed E-state index contributed by atoms with van der Waals surface area (Å²) < 4.78 is 26.0. The van der Waals surface area contributed by atoms with Crippen LogP contribution in [0.5, 0.6) is 0 Å². The van der Waals surface area contributed by atoms with Crippen molar-refractivity contribution in [3.8, 4) is 0 Å². The van der Waals surface area contributed by atoms with Crippen molar-refractivity contribution in [3.63, 3.8) is 0 Å². The first kappa shape index (κ1) is 22.7. The Morgan fingerprint density at radius 1 is 0.750 bits per heavy atom. The van der Waals surface area contributed by atoms with Gasteiger partial charge < -0.3 is 34.7 Å². The first-order valence-corrected chi connectivity index (χ1v) is 8.01. The lowest BCUT2D eigenvalue weighted by Crippen LogP contribution is -2.28. The summed E-state index contributed by atoms with van der Waals surface area (Å²) in [6.07, 6.45) is 0.164. The van der Waals surface area contributed by atoms with Gasteiger partial charge in [-0.1, -0.05) is 0 Å². The highest BCUT2D eigenvalue weighted by Gasteiger charge is 2.02.